The minimum Gasteiger partial charge on any atom is -0.434 e. The van der Waals surface area contributed by atoms with E-state index in [1.54, 1.807) is 17.1 Å². The van der Waals surface area contributed by atoms with Crippen LogP contribution in [0.3, 0.4) is 0 Å². The van der Waals surface area contributed by atoms with Gasteiger partial charge in [0, 0.05) is 13.1 Å². The van der Waals surface area contributed by atoms with Crippen molar-refractivity contribution < 1.29 is 4.74 Å². The lowest BCUT2D eigenvalue weighted by molar-refractivity contribution is 0.457. The van der Waals surface area contributed by atoms with Gasteiger partial charge in [-0.1, -0.05) is 6.92 Å². The molecule has 1 N–H and O–H groups in total. The molecule has 0 unspecified atom stereocenters. The van der Waals surface area contributed by atoms with Gasteiger partial charge in [0.1, 0.15) is 0 Å². The van der Waals surface area contributed by atoms with Crippen LogP contribution in [0.15, 0.2) is 23.1 Å². The minimum absolute atomic E-state index is 0.476. The first-order valence-corrected chi connectivity index (χ1v) is 6.99. The zero-order valence-corrected chi connectivity index (χ0v) is 12.5. The molecule has 0 radical (unpaired) electrons. The van der Waals surface area contributed by atoms with E-state index < -0.39 is 0 Å². The van der Waals surface area contributed by atoms with E-state index in [9.17, 15) is 0 Å². The van der Waals surface area contributed by atoms with Gasteiger partial charge >= 0.3 is 0 Å². The third-order valence-corrected chi connectivity index (χ3v) is 2.94. The van der Waals surface area contributed by atoms with E-state index in [1.807, 2.05) is 13.1 Å². The van der Waals surface area contributed by atoms with Crippen molar-refractivity contribution in [2.45, 2.75) is 26.8 Å². The molecule has 2 rings (SSSR count). The summed E-state index contributed by atoms with van der Waals surface area (Å²) < 4.78 is 8.19. The number of aryl methyl sites for hydroxylation is 1. The van der Waals surface area contributed by atoms with E-state index in [0.29, 0.717) is 22.1 Å². The second-order valence-electron chi connectivity index (χ2n) is 3.91. The van der Waals surface area contributed by atoms with E-state index in [0.717, 1.165) is 19.5 Å². The van der Waals surface area contributed by atoms with E-state index in [2.05, 4.69) is 43.2 Å². The van der Waals surface area contributed by atoms with Crippen molar-refractivity contribution in [2.24, 2.45) is 0 Å². The average Bonchev–Trinajstić information content (AvgIpc) is 2.87. The van der Waals surface area contributed by atoms with Gasteiger partial charge in [0.25, 0.3) is 0 Å². The van der Waals surface area contributed by atoms with Crippen LogP contribution in [0.5, 0.6) is 11.6 Å². The molecule has 102 valence electrons. The third kappa shape index (κ3) is 3.66. The molecule has 0 amide bonds. The topological polar surface area (TPSA) is 64.9 Å². The Morgan fingerprint density at radius 3 is 2.89 bits per heavy atom. The van der Waals surface area contributed by atoms with Gasteiger partial charge < -0.3 is 10.1 Å². The number of anilines is 1. The normalized spacial score (nSPS) is 10.5. The molecule has 0 atom stereocenters. The summed E-state index contributed by atoms with van der Waals surface area (Å²) in [5.41, 5.74) is 0. The highest BCUT2D eigenvalue weighted by Crippen LogP contribution is 2.27. The molecule has 0 spiro atoms. The molecular weight excluding hydrogens is 310 g/mol. The molecule has 6 nitrogen and oxygen atoms in total. The van der Waals surface area contributed by atoms with Gasteiger partial charge in [0.15, 0.2) is 5.75 Å². The fraction of sp³-hybridized carbons (Fsp3) is 0.417. The van der Waals surface area contributed by atoms with Gasteiger partial charge in [-0.15, -0.1) is 0 Å². The van der Waals surface area contributed by atoms with Gasteiger partial charge in [-0.3, -0.25) is 4.68 Å². The Hall–Kier alpha value is -1.63. The van der Waals surface area contributed by atoms with Crippen LogP contribution >= 0.6 is 15.9 Å². The Balaban J connectivity index is 2.13. The largest absolute Gasteiger partial charge is 0.434 e. The monoisotopic (exact) mass is 325 g/mol. The third-order valence-electron chi connectivity index (χ3n) is 2.39. The average molecular weight is 326 g/mol. The summed E-state index contributed by atoms with van der Waals surface area (Å²) in [6, 6.07) is 0. The summed E-state index contributed by atoms with van der Waals surface area (Å²) in [5, 5.41) is 7.27. The molecule has 2 aromatic heterocycles. The number of nitrogens with zero attached hydrogens (tertiary/aromatic N) is 4. The SMILES string of the molecule is CCCNc1ncc(Br)c(Oc2cnn(CC)c2)n1. The quantitative estimate of drug-likeness (QED) is 0.884. The molecule has 0 bridgehead atoms. The fourth-order valence-corrected chi connectivity index (χ4v) is 1.70. The van der Waals surface area contributed by atoms with Crippen LogP contribution in [-0.4, -0.2) is 26.3 Å². The first-order chi connectivity index (χ1) is 9.22. The van der Waals surface area contributed by atoms with Gasteiger partial charge in [0.05, 0.1) is 23.1 Å². The summed E-state index contributed by atoms with van der Waals surface area (Å²) >= 11 is 3.37. The van der Waals surface area contributed by atoms with Gasteiger partial charge in [0.2, 0.25) is 11.8 Å². The summed E-state index contributed by atoms with van der Waals surface area (Å²) in [7, 11) is 0. The van der Waals surface area contributed by atoms with Crippen molar-refractivity contribution in [1.82, 2.24) is 19.7 Å². The number of aromatic nitrogens is 4. The highest BCUT2D eigenvalue weighted by molar-refractivity contribution is 9.10. The Kier molecular flexibility index (Phi) is 4.73. The van der Waals surface area contributed by atoms with Crippen molar-refractivity contribution in [3.8, 4) is 11.6 Å². The number of hydrogen-bond donors (Lipinski definition) is 1. The van der Waals surface area contributed by atoms with Gasteiger partial charge in [-0.2, -0.15) is 10.1 Å². The van der Waals surface area contributed by atoms with Gasteiger partial charge in [-0.25, -0.2) is 4.98 Å². The highest BCUT2D eigenvalue weighted by atomic mass is 79.9. The van der Waals surface area contributed by atoms with Crippen LogP contribution in [0.4, 0.5) is 5.95 Å². The Morgan fingerprint density at radius 1 is 1.37 bits per heavy atom. The molecule has 0 fully saturated rings. The molecule has 19 heavy (non-hydrogen) atoms. The van der Waals surface area contributed by atoms with Crippen LogP contribution in [-0.2, 0) is 6.54 Å². The second kappa shape index (κ2) is 6.51. The number of halogens is 1. The molecule has 2 aromatic rings. The fourth-order valence-electron chi connectivity index (χ4n) is 1.43. The van der Waals surface area contributed by atoms with E-state index >= 15 is 0 Å². The summed E-state index contributed by atoms with van der Waals surface area (Å²) in [6.07, 6.45) is 6.17. The zero-order valence-electron chi connectivity index (χ0n) is 10.9. The summed E-state index contributed by atoms with van der Waals surface area (Å²) in [5.74, 6) is 1.69. The van der Waals surface area contributed by atoms with Crippen LogP contribution in [0.25, 0.3) is 0 Å². The van der Waals surface area contributed by atoms with Crippen molar-refractivity contribution >= 4 is 21.9 Å². The van der Waals surface area contributed by atoms with Crippen molar-refractivity contribution in [3.05, 3.63) is 23.1 Å². The lowest BCUT2D eigenvalue weighted by atomic mass is 10.5. The van der Waals surface area contributed by atoms with Crippen LogP contribution < -0.4 is 10.1 Å². The molecule has 0 aliphatic rings. The second-order valence-corrected chi connectivity index (χ2v) is 4.76. The zero-order chi connectivity index (χ0) is 13.7. The molecule has 2 heterocycles. The van der Waals surface area contributed by atoms with Crippen LogP contribution in [0, 0.1) is 0 Å². The van der Waals surface area contributed by atoms with E-state index in [1.165, 1.54) is 0 Å². The molecule has 0 aliphatic carbocycles. The maximum absolute atomic E-state index is 5.69. The number of rotatable bonds is 6. The predicted molar refractivity (Wildman–Crippen MR) is 76.5 cm³/mol. The number of ether oxygens (including phenoxy) is 1. The maximum Gasteiger partial charge on any atom is 0.238 e. The number of nitrogens with one attached hydrogen (secondary N) is 1. The van der Waals surface area contributed by atoms with Crippen molar-refractivity contribution in [3.63, 3.8) is 0 Å². The van der Waals surface area contributed by atoms with Gasteiger partial charge in [-0.05, 0) is 29.3 Å². The standard InChI is InChI=1S/C12H16BrN5O/c1-3-5-14-12-15-7-10(13)11(17-12)19-9-6-16-18(4-2)8-9/h6-8H,3-5H2,1-2H3,(H,14,15,17). The lowest BCUT2D eigenvalue weighted by Gasteiger charge is -2.07. The van der Waals surface area contributed by atoms with Crippen LogP contribution in [0.1, 0.15) is 20.3 Å². The molecule has 0 saturated carbocycles. The Morgan fingerprint density at radius 2 is 2.21 bits per heavy atom. The summed E-state index contributed by atoms with van der Waals surface area (Å²) in [4.78, 5) is 8.48. The van der Waals surface area contributed by atoms with Crippen molar-refractivity contribution in [2.75, 3.05) is 11.9 Å². The first-order valence-electron chi connectivity index (χ1n) is 6.19. The Bertz CT molecular complexity index is 543. The molecule has 0 aliphatic heterocycles. The predicted octanol–water partition coefficient (Wildman–Crippen LogP) is 3.07. The first kappa shape index (κ1) is 13.8. The summed E-state index contributed by atoms with van der Waals surface area (Å²) in [6.45, 7) is 5.74. The Labute approximate surface area is 120 Å². The molecular formula is C12H16BrN5O. The minimum atomic E-state index is 0.476. The van der Waals surface area contributed by atoms with Crippen molar-refractivity contribution in [1.29, 1.82) is 0 Å². The van der Waals surface area contributed by atoms with E-state index in [-0.39, 0.29) is 0 Å². The smallest absolute Gasteiger partial charge is 0.238 e. The number of hydrogen-bond acceptors (Lipinski definition) is 5. The molecule has 0 aromatic carbocycles. The van der Waals surface area contributed by atoms with E-state index in [4.69, 9.17) is 4.74 Å². The maximum atomic E-state index is 5.69. The van der Waals surface area contributed by atoms with Crippen LogP contribution in [0.2, 0.25) is 0 Å². The molecule has 0 saturated heterocycles. The highest BCUT2D eigenvalue weighted by Gasteiger charge is 2.08. The lowest BCUT2D eigenvalue weighted by Crippen LogP contribution is -2.04. The molecule has 7 heteroatoms.